The Hall–Kier alpha value is -3.35. The number of nitrogens with one attached hydrogen (secondary N) is 1. The summed E-state index contributed by atoms with van der Waals surface area (Å²) in [5.41, 5.74) is 7.66. The van der Waals surface area contributed by atoms with Gasteiger partial charge in [0.25, 0.3) is 5.91 Å². The number of allylic oxidation sites excluding steroid dienone is 1. The minimum atomic E-state index is -0.186. The van der Waals surface area contributed by atoms with Crippen molar-refractivity contribution in [3.05, 3.63) is 101 Å². The number of halogens is 1. The highest BCUT2D eigenvalue weighted by Gasteiger charge is 2.13. The highest BCUT2D eigenvalue weighted by molar-refractivity contribution is 7.99. The molecular formula is C26H23ClN4OS. The second-order valence-electron chi connectivity index (χ2n) is 7.48. The third kappa shape index (κ3) is 6.34. The average Bonchev–Trinajstić information content (AvgIpc) is 3.17. The number of aromatic nitrogens is 2. The molecular weight excluding hydrogens is 452 g/mol. The Morgan fingerprint density at radius 1 is 1.06 bits per heavy atom. The molecule has 0 aliphatic heterocycles. The van der Waals surface area contributed by atoms with Crippen molar-refractivity contribution in [3.63, 3.8) is 0 Å². The molecule has 0 saturated heterocycles. The lowest BCUT2D eigenvalue weighted by atomic mass is 10.1. The molecule has 1 heterocycles. The number of amides is 1. The van der Waals surface area contributed by atoms with Crippen molar-refractivity contribution in [1.82, 2.24) is 15.0 Å². The molecule has 0 atom stereocenters. The second-order valence-corrected chi connectivity index (χ2v) is 8.86. The predicted octanol–water partition coefficient (Wildman–Crippen LogP) is 6.04. The van der Waals surface area contributed by atoms with Crippen LogP contribution in [0.5, 0.6) is 0 Å². The van der Waals surface area contributed by atoms with Crippen LogP contribution in [0, 0.1) is 0 Å². The number of hydrazone groups is 1. The molecule has 0 aliphatic rings. The molecule has 33 heavy (non-hydrogen) atoms. The van der Waals surface area contributed by atoms with Gasteiger partial charge in [-0.05, 0) is 47.9 Å². The molecule has 1 N–H and O–H groups in total. The summed E-state index contributed by atoms with van der Waals surface area (Å²) in [7, 11) is 0. The maximum absolute atomic E-state index is 12.4. The molecule has 4 aromatic rings. The number of hydrogen-bond acceptors (Lipinski definition) is 4. The van der Waals surface area contributed by atoms with E-state index >= 15 is 0 Å². The molecule has 0 spiro atoms. The summed E-state index contributed by atoms with van der Waals surface area (Å²) in [4.78, 5) is 17.1. The van der Waals surface area contributed by atoms with E-state index in [-0.39, 0.29) is 11.7 Å². The zero-order valence-electron chi connectivity index (χ0n) is 18.1. The quantitative estimate of drug-likeness (QED) is 0.192. The van der Waals surface area contributed by atoms with Crippen LogP contribution < -0.4 is 5.43 Å². The van der Waals surface area contributed by atoms with Crippen LogP contribution >= 0.6 is 23.4 Å². The Bertz CT molecular complexity index is 1300. The summed E-state index contributed by atoms with van der Waals surface area (Å²) in [6.45, 7) is 2.58. The number of para-hydroxylation sites is 2. The molecule has 7 heteroatoms. The van der Waals surface area contributed by atoms with E-state index in [4.69, 9.17) is 16.6 Å². The van der Waals surface area contributed by atoms with Gasteiger partial charge in [-0.15, -0.1) is 0 Å². The van der Waals surface area contributed by atoms with Gasteiger partial charge in [-0.3, -0.25) is 4.79 Å². The van der Waals surface area contributed by atoms with Crippen LogP contribution in [-0.2, 0) is 11.3 Å². The van der Waals surface area contributed by atoms with E-state index in [0.717, 1.165) is 32.9 Å². The molecule has 0 saturated carbocycles. The van der Waals surface area contributed by atoms with Crippen LogP contribution in [0.3, 0.4) is 0 Å². The molecule has 1 amide bonds. The van der Waals surface area contributed by atoms with Crippen molar-refractivity contribution in [2.75, 3.05) is 5.75 Å². The lowest BCUT2D eigenvalue weighted by Gasteiger charge is -2.09. The molecule has 3 aromatic carbocycles. The number of fused-ring (bicyclic) bond motifs is 1. The number of rotatable bonds is 8. The minimum Gasteiger partial charge on any atom is -0.314 e. The number of carbonyl (C=O) groups is 1. The van der Waals surface area contributed by atoms with Gasteiger partial charge in [0, 0.05) is 5.02 Å². The number of imidazole rings is 1. The van der Waals surface area contributed by atoms with E-state index in [2.05, 4.69) is 15.1 Å². The van der Waals surface area contributed by atoms with E-state index in [1.54, 1.807) is 6.21 Å². The van der Waals surface area contributed by atoms with Crippen molar-refractivity contribution in [2.45, 2.75) is 18.6 Å². The van der Waals surface area contributed by atoms with Crippen LogP contribution in [0.1, 0.15) is 18.1 Å². The van der Waals surface area contributed by atoms with E-state index in [9.17, 15) is 4.79 Å². The SMILES string of the molecule is CC(C=NNC(=O)CSc1nc2ccccc2n1Cc1ccc(Cl)cc1)=Cc1ccccc1. The fourth-order valence-electron chi connectivity index (χ4n) is 3.31. The average molecular weight is 475 g/mol. The summed E-state index contributed by atoms with van der Waals surface area (Å²) < 4.78 is 2.12. The van der Waals surface area contributed by atoms with Crippen molar-refractivity contribution in [2.24, 2.45) is 5.10 Å². The summed E-state index contributed by atoms with van der Waals surface area (Å²) >= 11 is 7.41. The van der Waals surface area contributed by atoms with Gasteiger partial charge < -0.3 is 4.57 Å². The Balaban J connectivity index is 1.40. The third-order valence-electron chi connectivity index (χ3n) is 4.86. The molecule has 4 rings (SSSR count). The smallest absolute Gasteiger partial charge is 0.250 e. The topological polar surface area (TPSA) is 59.3 Å². The van der Waals surface area contributed by atoms with Crippen LogP contribution in [0.15, 0.2) is 94.7 Å². The number of nitrogens with zero attached hydrogens (tertiary/aromatic N) is 3. The number of hydrogen-bond donors (Lipinski definition) is 1. The standard InChI is InChI=1S/C26H23ClN4OS/c1-19(15-20-7-3-2-4-8-20)16-28-30-25(32)18-33-26-29-23-9-5-6-10-24(23)31(26)17-21-11-13-22(27)14-12-21/h2-16H,17-18H2,1H3,(H,30,32). The molecule has 0 radical (unpaired) electrons. The van der Waals surface area contributed by atoms with Gasteiger partial charge in [0.05, 0.1) is 29.5 Å². The third-order valence-corrected chi connectivity index (χ3v) is 6.09. The lowest BCUT2D eigenvalue weighted by Crippen LogP contribution is -2.20. The highest BCUT2D eigenvalue weighted by Crippen LogP contribution is 2.25. The van der Waals surface area contributed by atoms with Gasteiger partial charge in [-0.2, -0.15) is 5.10 Å². The zero-order chi connectivity index (χ0) is 23.0. The molecule has 5 nitrogen and oxygen atoms in total. The van der Waals surface area contributed by atoms with Crippen molar-refractivity contribution in [1.29, 1.82) is 0 Å². The Morgan fingerprint density at radius 3 is 2.58 bits per heavy atom. The Morgan fingerprint density at radius 2 is 1.79 bits per heavy atom. The van der Waals surface area contributed by atoms with E-state index in [1.165, 1.54) is 11.8 Å². The van der Waals surface area contributed by atoms with Gasteiger partial charge in [-0.25, -0.2) is 10.4 Å². The maximum Gasteiger partial charge on any atom is 0.250 e. The predicted molar refractivity (Wildman–Crippen MR) is 138 cm³/mol. The summed E-state index contributed by atoms with van der Waals surface area (Å²) in [5, 5.41) is 5.56. The van der Waals surface area contributed by atoms with Gasteiger partial charge in [0.2, 0.25) is 0 Å². The number of carbonyl (C=O) groups excluding carboxylic acids is 1. The summed E-state index contributed by atoms with van der Waals surface area (Å²) in [6, 6.07) is 25.7. The first-order chi connectivity index (χ1) is 16.1. The van der Waals surface area contributed by atoms with Crippen molar-refractivity contribution >= 4 is 52.6 Å². The fraction of sp³-hybridized carbons (Fsp3) is 0.115. The molecule has 0 unspecified atom stereocenters. The minimum absolute atomic E-state index is 0.186. The van der Waals surface area contributed by atoms with Crippen LogP contribution in [0.2, 0.25) is 5.02 Å². The van der Waals surface area contributed by atoms with E-state index < -0.39 is 0 Å². The Kier molecular flexibility index (Phi) is 7.60. The van der Waals surface area contributed by atoms with Gasteiger partial charge in [-0.1, -0.05) is 84.0 Å². The second kappa shape index (κ2) is 11.0. The zero-order valence-corrected chi connectivity index (χ0v) is 19.7. The van der Waals surface area contributed by atoms with E-state index in [0.29, 0.717) is 11.6 Å². The van der Waals surface area contributed by atoms with Gasteiger partial charge >= 0.3 is 0 Å². The van der Waals surface area contributed by atoms with Gasteiger partial charge in [0.15, 0.2) is 5.16 Å². The van der Waals surface area contributed by atoms with Crippen LogP contribution in [-0.4, -0.2) is 27.4 Å². The van der Waals surface area contributed by atoms with Crippen LogP contribution in [0.4, 0.5) is 0 Å². The first-order valence-corrected chi connectivity index (χ1v) is 11.8. The molecule has 1 aromatic heterocycles. The normalized spacial score (nSPS) is 11.9. The molecule has 0 bridgehead atoms. The number of benzene rings is 3. The largest absolute Gasteiger partial charge is 0.314 e. The molecule has 0 fully saturated rings. The molecule has 166 valence electrons. The highest BCUT2D eigenvalue weighted by atomic mass is 35.5. The molecule has 0 aliphatic carbocycles. The monoisotopic (exact) mass is 474 g/mol. The van der Waals surface area contributed by atoms with Gasteiger partial charge in [0.1, 0.15) is 0 Å². The fourth-order valence-corrected chi connectivity index (χ4v) is 4.24. The summed E-state index contributed by atoms with van der Waals surface area (Å²) in [6.07, 6.45) is 3.65. The first-order valence-electron chi connectivity index (χ1n) is 10.5. The lowest BCUT2D eigenvalue weighted by molar-refractivity contribution is -0.118. The van der Waals surface area contributed by atoms with Crippen molar-refractivity contribution < 1.29 is 4.79 Å². The summed E-state index contributed by atoms with van der Waals surface area (Å²) in [5.74, 6) is 0.0248. The number of thioether (sulfide) groups is 1. The first kappa shape index (κ1) is 22.8. The maximum atomic E-state index is 12.4. The van der Waals surface area contributed by atoms with Crippen molar-refractivity contribution in [3.8, 4) is 0 Å². The van der Waals surface area contributed by atoms with Crippen LogP contribution in [0.25, 0.3) is 17.1 Å². The van der Waals surface area contributed by atoms with E-state index in [1.807, 2.05) is 91.9 Å². The Labute approximate surface area is 202 Å².